The van der Waals surface area contributed by atoms with Crippen LogP contribution >= 0.6 is 22.6 Å². The fraction of sp³-hybridized carbons (Fsp3) is 0.0769. The second-order valence-electron chi connectivity index (χ2n) is 7.68. The van der Waals surface area contributed by atoms with E-state index >= 15 is 0 Å². The number of hydrogen-bond acceptors (Lipinski definition) is 6. The minimum absolute atomic E-state index is 0.279. The van der Waals surface area contributed by atoms with Crippen LogP contribution in [0.5, 0.6) is 0 Å². The van der Waals surface area contributed by atoms with Gasteiger partial charge in [-0.15, -0.1) is 0 Å². The van der Waals surface area contributed by atoms with Crippen LogP contribution in [-0.2, 0) is 6.42 Å². The van der Waals surface area contributed by atoms with Gasteiger partial charge in [0, 0.05) is 24.1 Å². The predicted octanol–water partition coefficient (Wildman–Crippen LogP) is 6.19. The molecule has 174 valence electrons. The maximum atomic E-state index is 12.2. The highest BCUT2D eigenvalue weighted by molar-refractivity contribution is 14.1. The molecule has 8 nitrogen and oxygen atoms in total. The summed E-state index contributed by atoms with van der Waals surface area (Å²) in [4.78, 5) is 25.3. The Labute approximate surface area is 215 Å². The molecule has 0 aliphatic carbocycles. The Balaban J connectivity index is 1.20. The number of urea groups is 1. The standard InChI is InChI=1S/C26H21IN6O2/c27-22-21-24(30-16-31-25(21)35-23(22)20-8-4-5-14-28-20)29-15-13-17-9-11-19(12-10-17)33-26(34)32-18-6-2-1-3-7-18/h1-12,14,16H,13,15H2,(H,29,30,31)(H2,32,33,34). The number of hydrogen-bond donors (Lipinski definition) is 3. The number of anilines is 3. The monoisotopic (exact) mass is 576 g/mol. The molecule has 3 aromatic heterocycles. The van der Waals surface area contributed by atoms with Crippen LogP contribution in [0.3, 0.4) is 0 Å². The lowest BCUT2D eigenvalue weighted by Crippen LogP contribution is -2.19. The van der Waals surface area contributed by atoms with Gasteiger partial charge in [-0.05, 0) is 71.0 Å². The van der Waals surface area contributed by atoms with Crippen LogP contribution in [0, 0.1) is 3.57 Å². The van der Waals surface area contributed by atoms with E-state index in [0.717, 1.165) is 43.8 Å². The molecule has 2 amide bonds. The molecule has 0 saturated carbocycles. The van der Waals surface area contributed by atoms with Crippen LogP contribution in [-0.4, -0.2) is 27.5 Å². The molecule has 9 heteroatoms. The first-order valence-electron chi connectivity index (χ1n) is 11.0. The van der Waals surface area contributed by atoms with Gasteiger partial charge in [0.05, 0.1) is 8.96 Å². The number of halogens is 1. The molecule has 0 aliphatic rings. The molecule has 0 fully saturated rings. The van der Waals surface area contributed by atoms with Gasteiger partial charge in [-0.2, -0.15) is 0 Å². The number of benzene rings is 2. The van der Waals surface area contributed by atoms with Gasteiger partial charge in [-0.1, -0.05) is 36.4 Å². The van der Waals surface area contributed by atoms with Crippen molar-refractivity contribution in [1.82, 2.24) is 15.0 Å². The fourth-order valence-corrected chi connectivity index (χ4v) is 4.46. The third-order valence-corrected chi connectivity index (χ3v) is 6.31. The molecule has 0 spiro atoms. The molecule has 0 aliphatic heterocycles. The van der Waals surface area contributed by atoms with Crippen molar-refractivity contribution in [3.63, 3.8) is 0 Å². The highest BCUT2D eigenvalue weighted by Crippen LogP contribution is 2.35. The summed E-state index contributed by atoms with van der Waals surface area (Å²) in [6.45, 7) is 0.674. The fourth-order valence-electron chi connectivity index (χ4n) is 3.59. The lowest BCUT2D eigenvalue weighted by Gasteiger charge is -2.09. The Hall–Kier alpha value is -3.99. The first-order chi connectivity index (χ1) is 17.2. The third kappa shape index (κ3) is 5.40. The van der Waals surface area contributed by atoms with Gasteiger partial charge < -0.3 is 20.4 Å². The molecule has 3 heterocycles. The molecule has 0 radical (unpaired) electrons. The highest BCUT2D eigenvalue weighted by Gasteiger charge is 2.19. The van der Waals surface area contributed by atoms with E-state index in [9.17, 15) is 4.79 Å². The van der Waals surface area contributed by atoms with E-state index < -0.39 is 0 Å². The summed E-state index contributed by atoms with van der Waals surface area (Å²) in [6, 6.07) is 22.5. The number of fused-ring (bicyclic) bond motifs is 1. The number of rotatable bonds is 7. The predicted molar refractivity (Wildman–Crippen MR) is 145 cm³/mol. The van der Waals surface area contributed by atoms with Crippen LogP contribution in [0.25, 0.3) is 22.6 Å². The normalized spacial score (nSPS) is 10.8. The van der Waals surface area contributed by atoms with E-state index in [0.29, 0.717) is 18.0 Å². The van der Waals surface area contributed by atoms with Crippen molar-refractivity contribution >= 4 is 56.9 Å². The maximum absolute atomic E-state index is 12.2. The largest absolute Gasteiger partial charge is 0.435 e. The Morgan fingerprint density at radius 3 is 2.34 bits per heavy atom. The number of furan rings is 1. The van der Waals surface area contributed by atoms with E-state index in [-0.39, 0.29) is 6.03 Å². The third-order valence-electron chi connectivity index (χ3n) is 5.28. The summed E-state index contributed by atoms with van der Waals surface area (Å²) < 4.78 is 6.89. The first kappa shape index (κ1) is 22.8. The number of amides is 2. The average molecular weight is 576 g/mol. The number of nitrogens with one attached hydrogen (secondary N) is 3. The summed E-state index contributed by atoms with van der Waals surface area (Å²) in [6.07, 6.45) is 4.01. The molecular formula is C26H21IN6O2. The lowest BCUT2D eigenvalue weighted by atomic mass is 10.1. The zero-order valence-electron chi connectivity index (χ0n) is 18.5. The van der Waals surface area contributed by atoms with Crippen molar-refractivity contribution < 1.29 is 9.21 Å². The van der Waals surface area contributed by atoms with E-state index in [1.165, 1.54) is 6.33 Å². The molecule has 5 aromatic rings. The highest BCUT2D eigenvalue weighted by atomic mass is 127. The molecule has 5 rings (SSSR count). The maximum Gasteiger partial charge on any atom is 0.323 e. The summed E-state index contributed by atoms with van der Waals surface area (Å²) in [5.41, 5.74) is 3.88. The number of carbonyl (C=O) groups is 1. The molecule has 0 saturated heterocycles. The number of para-hydroxylation sites is 1. The SMILES string of the molecule is O=C(Nc1ccccc1)Nc1ccc(CCNc2ncnc3oc(-c4ccccn4)c(I)c23)cc1. The average Bonchev–Trinajstić information content (AvgIpc) is 3.23. The number of aromatic nitrogens is 3. The summed E-state index contributed by atoms with van der Waals surface area (Å²) in [5.74, 6) is 1.41. The van der Waals surface area contributed by atoms with Crippen LogP contribution in [0.4, 0.5) is 22.0 Å². The summed E-state index contributed by atoms with van der Waals surface area (Å²) in [7, 11) is 0. The second kappa shape index (κ2) is 10.5. The number of pyridine rings is 1. The molecule has 3 N–H and O–H groups in total. The zero-order chi connectivity index (χ0) is 24.0. The van der Waals surface area contributed by atoms with Crippen molar-refractivity contribution in [1.29, 1.82) is 0 Å². The molecular weight excluding hydrogens is 555 g/mol. The van der Waals surface area contributed by atoms with E-state index in [4.69, 9.17) is 4.42 Å². The van der Waals surface area contributed by atoms with Gasteiger partial charge in [0.1, 0.15) is 17.8 Å². The van der Waals surface area contributed by atoms with Crippen molar-refractivity contribution in [3.05, 3.63) is 94.5 Å². The van der Waals surface area contributed by atoms with Gasteiger partial charge in [0.15, 0.2) is 5.76 Å². The number of nitrogens with zero attached hydrogens (tertiary/aromatic N) is 3. The van der Waals surface area contributed by atoms with Gasteiger partial charge in [0.2, 0.25) is 5.71 Å². The Bertz CT molecular complexity index is 1440. The van der Waals surface area contributed by atoms with Crippen molar-refractivity contribution in [2.45, 2.75) is 6.42 Å². The Morgan fingerprint density at radius 2 is 1.60 bits per heavy atom. The van der Waals surface area contributed by atoms with Gasteiger partial charge in [-0.25, -0.2) is 14.8 Å². The summed E-state index contributed by atoms with van der Waals surface area (Å²) in [5, 5.41) is 9.89. The molecule has 0 unspecified atom stereocenters. The Morgan fingerprint density at radius 1 is 0.857 bits per heavy atom. The van der Waals surface area contributed by atoms with E-state index in [1.54, 1.807) is 6.20 Å². The second-order valence-corrected chi connectivity index (χ2v) is 8.76. The van der Waals surface area contributed by atoms with E-state index in [1.807, 2.05) is 72.8 Å². The molecule has 0 atom stereocenters. The zero-order valence-corrected chi connectivity index (χ0v) is 20.7. The summed E-state index contributed by atoms with van der Waals surface area (Å²) >= 11 is 2.25. The van der Waals surface area contributed by atoms with Crippen molar-refractivity contribution in [2.24, 2.45) is 0 Å². The van der Waals surface area contributed by atoms with Crippen molar-refractivity contribution in [3.8, 4) is 11.5 Å². The van der Waals surface area contributed by atoms with Gasteiger partial charge in [0.25, 0.3) is 0 Å². The van der Waals surface area contributed by atoms with Crippen LogP contribution in [0.2, 0.25) is 0 Å². The molecule has 35 heavy (non-hydrogen) atoms. The van der Waals surface area contributed by atoms with Crippen LogP contribution in [0.15, 0.2) is 89.7 Å². The van der Waals surface area contributed by atoms with Crippen molar-refractivity contribution in [2.75, 3.05) is 22.5 Å². The minimum Gasteiger partial charge on any atom is -0.435 e. The molecule has 0 bridgehead atoms. The first-order valence-corrected chi connectivity index (χ1v) is 12.1. The topological polar surface area (TPSA) is 105 Å². The Kier molecular flexibility index (Phi) is 6.85. The van der Waals surface area contributed by atoms with Crippen LogP contribution < -0.4 is 16.0 Å². The van der Waals surface area contributed by atoms with E-state index in [2.05, 4.69) is 53.5 Å². The van der Waals surface area contributed by atoms with Gasteiger partial charge >= 0.3 is 6.03 Å². The minimum atomic E-state index is -0.279. The molecule has 2 aromatic carbocycles. The smallest absolute Gasteiger partial charge is 0.323 e. The quantitative estimate of drug-likeness (QED) is 0.200. The lowest BCUT2D eigenvalue weighted by molar-refractivity contribution is 0.262. The van der Waals surface area contributed by atoms with Crippen LogP contribution in [0.1, 0.15) is 5.56 Å². The van der Waals surface area contributed by atoms with Gasteiger partial charge in [-0.3, -0.25) is 4.98 Å². The number of carbonyl (C=O) groups excluding carboxylic acids is 1.